The number of rotatable bonds is 10. The first-order valence-electron chi connectivity index (χ1n) is 9.31. The van der Waals surface area contributed by atoms with E-state index in [0.717, 1.165) is 28.9 Å². The summed E-state index contributed by atoms with van der Waals surface area (Å²) < 4.78 is 16.3. The maximum absolute atomic E-state index is 5.94. The molecule has 1 aromatic heterocycles. The summed E-state index contributed by atoms with van der Waals surface area (Å²) in [5.74, 6) is 2.18. The zero-order valence-corrected chi connectivity index (χ0v) is 17.1. The highest BCUT2D eigenvalue weighted by molar-refractivity contribution is 5.79. The number of aryl methyl sites for hydroxylation is 1. The van der Waals surface area contributed by atoms with Crippen LogP contribution in [0.25, 0.3) is 0 Å². The van der Waals surface area contributed by atoms with E-state index in [-0.39, 0.29) is 0 Å². The van der Waals surface area contributed by atoms with Crippen molar-refractivity contribution < 1.29 is 14.2 Å². The van der Waals surface area contributed by atoms with E-state index in [0.29, 0.717) is 38.1 Å². The van der Waals surface area contributed by atoms with E-state index in [1.807, 2.05) is 12.1 Å². The Hall–Kier alpha value is -2.80. The van der Waals surface area contributed by atoms with Crippen LogP contribution in [0.1, 0.15) is 23.1 Å². The molecule has 2 rings (SSSR count). The fraction of sp³-hybridized carbons (Fsp3) is 0.429. The van der Waals surface area contributed by atoms with Crippen LogP contribution in [0.2, 0.25) is 0 Å². The SMILES string of the molecule is CN=C(NCc1ccc(C)cc1OCCCOC)NCc1cccnc1OC. The maximum atomic E-state index is 5.94. The van der Waals surface area contributed by atoms with Crippen LogP contribution in [0.4, 0.5) is 0 Å². The third-order valence-electron chi connectivity index (χ3n) is 4.13. The minimum Gasteiger partial charge on any atom is -0.493 e. The zero-order chi connectivity index (χ0) is 20.2. The fourth-order valence-corrected chi connectivity index (χ4v) is 2.65. The third kappa shape index (κ3) is 6.74. The summed E-state index contributed by atoms with van der Waals surface area (Å²) in [5, 5.41) is 6.61. The number of aliphatic imine (C=N–C) groups is 1. The average Bonchev–Trinajstić information content (AvgIpc) is 2.72. The topological polar surface area (TPSA) is 77.0 Å². The highest BCUT2D eigenvalue weighted by Gasteiger charge is 2.08. The van der Waals surface area contributed by atoms with E-state index in [1.54, 1.807) is 27.5 Å². The molecule has 0 unspecified atom stereocenters. The Kier molecular flexibility index (Phi) is 9.07. The van der Waals surface area contributed by atoms with Crippen LogP contribution in [-0.4, -0.2) is 45.4 Å². The monoisotopic (exact) mass is 386 g/mol. The molecular formula is C21H30N4O3. The third-order valence-corrected chi connectivity index (χ3v) is 4.13. The Balaban J connectivity index is 1.93. The first-order chi connectivity index (χ1) is 13.7. The van der Waals surface area contributed by atoms with Crippen LogP contribution < -0.4 is 20.1 Å². The van der Waals surface area contributed by atoms with Gasteiger partial charge in [-0.2, -0.15) is 0 Å². The highest BCUT2D eigenvalue weighted by atomic mass is 16.5. The molecule has 0 amide bonds. The lowest BCUT2D eigenvalue weighted by Gasteiger charge is -2.16. The number of aromatic nitrogens is 1. The molecular weight excluding hydrogens is 356 g/mol. The molecule has 0 aliphatic carbocycles. The van der Waals surface area contributed by atoms with Gasteiger partial charge < -0.3 is 24.8 Å². The lowest BCUT2D eigenvalue weighted by atomic mass is 10.1. The smallest absolute Gasteiger partial charge is 0.218 e. The molecule has 2 aromatic rings. The number of hydrogen-bond donors (Lipinski definition) is 2. The molecule has 0 radical (unpaired) electrons. The van der Waals surface area contributed by atoms with Crippen molar-refractivity contribution in [1.29, 1.82) is 0 Å². The molecule has 0 saturated heterocycles. The molecule has 0 bridgehead atoms. The van der Waals surface area contributed by atoms with Gasteiger partial charge in [0.2, 0.25) is 5.88 Å². The largest absolute Gasteiger partial charge is 0.493 e. The fourth-order valence-electron chi connectivity index (χ4n) is 2.65. The molecule has 7 heteroatoms. The molecule has 0 aliphatic heterocycles. The molecule has 152 valence electrons. The minimum absolute atomic E-state index is 0.560. The van der Waals surface area contributed by atoms with Crippen LogP contribution in [0.5, 0.6) is 11.6 Å². The predicted octanol–water partition coefficient (Wildman–Crippen LogP) is 2.68. The van der Waals surface area contributed by atoms with E-state index in [2.05, 4.69) is 45.7 Å². The molecule has 0 spiro atoms. The van der Waals surface area contributed by atoms with E-state index >= 15 is 0 Å². The Labute approximate surface area is 167 Å². The average molecular weight is 386 g/mol. The van der Waals surface area contributed by atoms with E-state index in [1.165, 1.54) is 0 Å². The van der Waals surface area contributed by atoms with Crippen molar-refractivity contribution in [2.24, 2.45) is 4.99 Å². The van der Waals surface area contributed by atoms with Crippen LogP contribution >= 0.6 is 0 Å². The summed E-state index contributed by atoms with van der Waals surface area (Å²) in [6.45, 7) is 4.53. The number of benzene rings is 1. The van der Waals surface area contributed by atoms with E-state index in [4.69, 9.17) is 14.2 Å². The van der Waals surface area contributed by atoms with Gasteiger partial charge in [-0.1, -0.05) is 18.2 Å². The van der Waals surface area contributed by atoms with Gasteiger partial charge in [-0.25, -0.2) is 4.98 Å². The van der Waals surface area contributed by atoms with Gasteiger partial charge in [0.1, 0.15) is 5.75 Å². The lowest BCUT2D eigenvalue weighted by Crippen LogP contribution is -2.36. The van der Waals surface area contributed by atoms with Gasteiger partial charge in [-0.15, -0.1) is 0 Å². The van der Waals surface area contributed by atoms with Crippen molar-refractivity contribution in [3.63, 3.8) is 0 Å². The second-order valence-corrected chi connectivity index (χ2v) is 6.26. The van der Waals surface area contributed by atoms with E-state index in [9.17, 15) is 0 Å². The Morgan fingerprint density at radius 3 is 2.57 bits per heavy atom. The predicted molar refractivity (Wildman–Crippen MR) is 111 cm³/mol. The van der Waals surface area contributed by atoms with Crippen molar-refractivity contribution in [2.45, 2.75) is 26.4 Å². The normalized spacial score (nSPS) is 11.2. The summed E-state index contributed by atoms with van der Waals surface area (Å²) in [6.07, 6.45) is 2.56. The van der Waals surface area contributed by atoms with Gasteiger partial charge in [0.15, 0.2) is 5.96 Å². The Morgan fingerprint density at radius 2 is 1.86 bits per heavy atom. The van der Waals surface area contributed by atoms with Crippen molar-refractivity contribution in [2.75, 3.05) is 34.5 Å². The Morgan fingerprint density at radius 1 is 1.07 bits per heavy atom. The molecule has 0 aliphatic rings. The summed E-state index contributed by atoms with van der Waals surface area (Å²) in [4.78, 5) is 8.49. The number of ether oxygens (including phenoxy) is 3. The van der Waals surface area contributed by atoms with Gasteiger partial charge in [0.25, 0.3) is 0 Å². The molecule has 28 heavy (non-hydrogen) atoms. The molecule has 1 aromatic carbocycles. The summed E-state index contributed by atoms with van der Waals surface area (Å²) in [7, 11) is 5.05. The highest BCUT2D eigenvalue weighted by Crippen LogP contribution is 2.20. The van der Waals surface area contributed by atoms with Gasteiger partial charge in [0, 0.05) is 57.6 Å². The number of nitrogens with zero attached hydrogens (tertiary/aromatic N) is 2. The van der Waals surface area contributed by atoms with Crippen LogP contribution in [0.15, 0.2) is 41.5 Å². The quantitative estimate of drug-likeness (QED) is 0.371. The van der Waals surface area contributed by atoms with Gasteiger partial charge in [-0.3, -0.25) is 4.99 Å². The van der Waals surface area contributed by atoms with Crippen LogP contribution in [0.3, 0.4) is 0 Å². The van der Waals surface area contributed by atoms with Gasteiger partial charge in [-0.05, 0) is 24.6 Å². The molecule has 0 atom stereocenters. The van der Waals surface area contributed by atoms with Crippen molar-refractivity contribution >= 4 is 5.96 Å². The Bertz CT molecular complexity index is 765. The van der Waals surface area contributed by atoms with Crippen molar-refractivity contribution in [1.82, 2.24) is 15.6 Å². The number of hydrogen-bond acceptors (Lipinski definition) is 5. The standard InChI is InChI=1S/C21H30N4O3/c1-16-8-9-17(19(13-16)28-12-6-11-26-3)14-24-21(22-2)25-15-18-7-5-10-23-20(18)27-4/h5,7-10,13H,6,11-12,14-15H2,1-4H3,(H2,22,24,25). The first kappa shape index (κ1) is 21.5. The van der Waals surface area contributed by atoms with Gasteiger partial charge >= 0.3 is 0 Å². The van der Waals surface area contributed by atoms with E-state index < -0.39 is 0 Å². The number of nitrogens with one attached hydrogen (secondary N) is 2. The molecule has 7 nitrogen and oxygen atoms in total. The number of guanidine groups is 1. The molecule has 1 heterocycles. The minimum atomic E-state index is 0.560. The molecule has 0 saturated carbocycles. The number of methoxy groups -OCH3 is 2. The summed E-state index contributed by atoms with van der Waals surface area (Å²) in [6, 6.07) is 10.1. The van der Waals surface area contributed by atoms with Gasteiger partial charge in [0.05, 0.1) is 13.7 Å². The summed E-state index contributed by atoms with van der Waals surface area (Å²) >= 11 is 0. The molecule has 2 N–H and O–H groups in total. The zero-order valence-electron chi connectivity index (χ0n) is 17.1. The number of pyridine rings is 1. The first-order valence-corrected chi connectivity index (χ1v) is 9.31. The van der Waals surface area contributed by atoms with Crippen molar-refractivity contribution in [3.8, 4) is 11.6 Å². The van der Waals surface area contributed by atoms with Crippen LogP contribution in [0, 0.1) is 6.92 Å². The van der Waals surface area contributed by atoms with Crippen LogP contribution in [-0.2, 0) is 17.8 Å². The maximum Gasteiger partial charge on any atom is 0.218 e. The second-order valence-electron chi connectivity index (χ2n) is 6.26. The molecule has 0 fully saturated rings. The lowest BCUT2D eigenvalue weighted by molar-refractivity contribution is 0.171. The summed E-state index contributed by atoms with van der Waals surface area (Å²) in [5.41, 5.74) is 3.20. The van der Waals surface area contributed by atoms with Crippen molar-refractivity contribution in [3.05, 3.63) is 53.2 Å². The second kappa shape index (κ2) is 11.8.